The van der Waals surface area contributed by atoms with Gasteiger partial charge in [0.25, 0.3) is 0 Å². The molecule has 6 amide bonds. The van der Waals surface area contributed by atoms with Crippen molar-refractivity contribution in [2.75, 3.05) is 32.7 Å². The molecule has 0 aliphatic rings. The third-order valence-electron chi connectivity index (χ3n) is 12.4. The Morgan fingerprint density at radius 2 is 0.721 bits per heavy atom. The zero-order chi connectivity index (χ0) is 50.3. The van der Waals surface area contributed by atoms with Crippen molar-refractivity contribution in [1.29, 1.82) is 0 Å². The molecule has 15 N–H and O–H groups in total. The van der Waals surface area contributed by atoms with E-state index in [9.17, 15) is 28.8 Å². The van der Waals surface area contributed by atoms with E-state index in [0.29, 0.717) is 96.9 Å². The first kappa shape index (κ1) is 64.4. The first-order valence-corrected chi connectivity index (χ1v) is 27.3. The average Bonchev–Trinajstić information content (AvgIpc) is 3.32. The van der Waals surface area contributed by atoms with E-state index in [-0.39, 0.29) is 23.6 Å². The maximum absolute atomic E-state index is 13.6. The first-order chi connectivity index (χ1) is 33.0. The number of hydrogen-bond donors (Lipinski definition) is 10. The van der Waals surface area contributed by atoms with Gasteiger partial charge in [0.05, 0.1) is 0 Å². The van der Waals surface area contributed by atoms with Gasteiger partial charge >= 0.3 is 0 Å². The summed E-state index contributed by atoms with van der Waals surface area (Å²) in [5, 5.41) is 14.5. The fourth-order valence-electron chi connectivity index (χ4n) is 8.13. The molecule has 0 aliphatic carbocycles. The van der Waals surface area contributed by atoms with Gasteiger partial charge in [0.15, 0.2) is 0 Å². The second-order valence-corrected chi connectivity index (χ2v) is 18.8. The van der Waals surface area contributed by atoms with Crippen LogP contribution in [0.5, 0.6) is 0 Å². The Morgan fingerprint density at radius 3 is 1.12 bits per heavy atom. The Labute approximate surface area is 412 Å². The van der Waals surface area contributed by atoms with Crippen LogP contribution in [0.3, 0.4) is 0 Å². The van der Waals surface area contributed by atoms with E-state index < -0.39 is 36.0 Å². The molecule has 0 radical (unpaired) electrons. The maximum atomic E-state index is 13.6. The van der Waals surface area contributed by atoms with E-state index in [1.165, 1.54) is 38.5 Å². The molecule has 0 aromatic carbocycles. The zero-order valence-electron chi connectivity index (χ0n) is 42.9. The van der Waals surface area contributed by atoms with Crippen LogP contribution in [0.4, 0.5) is 0 Å². The van der Waals surface area contributed by atoms with E-state index in [0.717, 1.165) is 116 Å². The Balaban J connectivity index is 4.62. The third kappa shape index (κ3) is 38.3. The minimum Gasteiger partial charge on any atom is -0.368 e. The molecule has 68 heavy (non-hydrogen) atoms. The van der Waals surface area contributed by atoms with Crippen LogP contribution in [0, 0.1) is 0 Å². The highest BCUT2D eigenvalue weighted by molar-refractivity contribution is 5.92. The second-order valence-electron chi connectivity index (χ2n) is 18.8. The number of primary amides is 1. The van der Waals surface area contributed by atoms with Crippen molar-refractivity contribution in [2.24, 2.45) is 28.7 Å². The zero-order valence-corrected chi connectivity index (χ0v) is 42.9. The van der Waals surface area contributed by atoms with Gasteiger partial charge in [0, 0.05) is 19.4 Å². The largest absolute Gasteiger partial charge is 0.368 e. The number of nitrogens with two attached hydrogens (primary N) is 5. The van der Waals surface area contributed by atoms with Gasteiger partial charge in [-0.3, -0.25) is 28.8 Å². The minimum atomic E-state index is -0.805. The molecule has 0 rings (SSSR count). The molecule has 16 heteroatoms. The summed E-state index contributed by atoms with van der Waals surface area (Å²) in [7, 11) is 0. The van der Waals surface area contributed by atoms with Crippen LogP contribution >= 0.6 is 0 Å². The maximum Gasteiger partial charge on any atom is 0.243 e. The van der Waals surface area contributed by atoms with Gasteiger partial charge < -0.3 is 55.3 Å². The number of amides is 6. The molecule has 0 fully saturated rings. The number of rotatable bonds is 49. The first-order valence-electron chi connectivity index (χ1n) is 27.3. The number of carbonyl (C=O) groups is 6. The van der Waals surface area contributed by atoms with Crippen LogP contribution in [0.2, 0.25) is 0 Å². The second kappa shape index (κ2) is 47.1. The Bertz CT molecular complexity index is 1320. The molecule has 4 atom stereocenters. The molecular formula is C52H102N10O6. The molecule has 0 aliphatic heterocycles. The van der Waals surface area contributed by atoms with Crippen LogP contribution in [0.1, 0.15) is 225 Å². The summed E-state index contributed by atoms with van der Waals surface area (Å²) in [5.41, 5.74) is 28.2. The molecule has 16 nitrogen and oxygen atoms in total. The van der Waals surface area contributed by atoms with Crippen LogP contribution in [0.15, 0.2) is 12.2 Å². The topological polar surface area (TPSA) is 293 Å². The quantitative estimate of drug-likeness (QED) is 0.0243. The van der Waals surface area contributed by atoms with Crippen LogP contribution in [-0.2, 0) is 28.8 Å². The molecule has 0 aromatic heterocycles. The predicted octanol–water partition coefficient (Wildman–Crippen LogP) is 6.20. The molecule has 0 saturated carbocycles. The van der Waals surface area contributed by atoms with Gasteiger partial charge in [0.2, 0.25) is 35.4 Å². The van der Waals surface area contributed by atoms with E-state index in [4.69, 9.17) is 28.7 Å². The number of allylic oxidation sites excluding steroid dienone is 2. The summed E-state index contributed by atoms with van der Waals surface area (Å²) in [5.74, 6) is -1.88. The average molecular weight is 963 g/mol. The van der Waals surface area contributed by atoms with Gasteiger partial charge in [-0.1, -0.05) is 103 Å². The summed E-state index contributed by atoms with van der Waals surface area (Å²) in [6.45, 7) is 4.74. The van der Waals surface area contributed by atoms with Crippen LogP contribution in [0.25, 0.3) is 0 Å². The van der Waals surface area contributed by atoms with Crippen LogP contribution < -0.4 is 55.3 Å². The van der Waals surface area contributed by atoms with Crippen molar-refractivity contribution >= 4 is 35.4 Å². The lowest BCUT2D eigenvalue weighted by Crippen LogP contribution is -2.53. The molecule has 0 spiro atoms. The van der Waals surface area contributed by atoms with Crippen molar-refractivity contribution in [2.45, 2.75) is 249 Å². The number of carbonyl (C=O) groups excluding carboxylic acids is 6. The third-order valence-corrected chi connectivity index (χ3v) is 12.4. The lowest BCUT2D eigenvalue weighted by molar-refractivity contribution is -0.132. The van der Waals surface area contributed by atoms with Crippen molar-refractivity contribution < 1.29 is 28.8 Å². The van der Waals surface area contributed by atoms with Crippen LogP contribution in [-0.4, -0.2) is 92.3 Å². The van der Waals surface area contributed by atoms with Gasteiger partial charge in [-0.2, -0.15) is 0 Å². The Hall–Kier alpha value is -3.60. The number of nitrogens with one attached hydrogen (secondary N) is 5. The van der Waals surface area contributed by atoms with E-state index in [1.807, 2.05) is 0 Å². The summed E-state index contributed by atoms with van der Waals surface area (Å²) in [4.78, 5) is 77.6. The molecule has 0 bridgehead atoms. The molecule has 0 saturated heterocycles. The highest BCUT2D eigenvalue weighted by Crippen LogP contribution is 2.13. The normalized spacial score (nSPS) is 13.1. The molecule has 396 valence electrons. The van der Waals surface area contributed by atoms with Gasteiger partial charge in [-0.25, -0.2) is 0 Å². The molecular weight excluding hydrogens is 861 g/mol. The van der Waals surface area contributed by atoms with Crippen molar-refractivity contribution in [1.82, 2.24) is 26.6 Å². The minimum absolute atomic E-state index is 0.135. The van der Waals surface area contributed by atoms with Crippen molar-refractivity contribution in [3.05, 3.63) is 12.2 Å². The van der Waals surface area contributed by atoms with Gasteiger partial charge in [-0.15, -0.1) is 0 Å². The van der Waals surface area contributed by atoms with Gasteiger partial charge in [0.1, 0.15) is 24.2 Å². The summed E-state index contributed by atoms with van der Waals surface area (Å²) in [6.07, 6.45) is 34.1. The molecule has 0 aromatic rings. The fraction of sp³-hybridized carbons (Fsp3) is 0.846. The summed E-state index contributed by atoms with van der Waals surface area (Å²) < 4.78 is 0. The SMILES string of the molecule is CCCCCC/C=C/CCCCCCCC(=O)NC(CCCCN)C(=O)NC(CCCCN)C(=O)NCCCCCCCCCCCC(=O)NC(CCCCN)C(=O)NC(CCCCN)C(N)=O. The number of hydrogen-bond acceptors (Lipinski definition) is 10. The standard InChI is InChI=1S/C52H102N10O6/c1-2-3-4-5-6-7-8-9-10-12-15-18-22-37-48(64)60-46(35-26-30-41-56)52(68)62-44(33-24-28-39-54)50(66)58-42-31-20-17-14-11-13-16-19-21-36-47(63)59-45(34-25-29-40-55)51(67)61-43(49(57)65)32-23-27-38-53/h7-8,43-46H,2-6,9-42,53-56H2,1H3,(H2,57,65)(H,58,66)(H,59,63)(H,60,64)(H,61,67)(H,62,68)/b8-7+. The summed E-state index contributed by atoms with van der Waals surface area (Å²) in [6, 6.07) is -2.98. The lowest BCUT2D eigenvalue weighted by Gasteiger charge is -2.23. The monoisotopic (exact) mass is 963 g/mol. The highest BCUT2D eigenvalue weighted by atomic mass is 16.2. The fourth-order valence-corrected chi connectivity index (χ4v) is 8.13. The van der Waals surface area contributed by atoms with Crippen molar-refractivity contribution in [3.63, 3.8) is 0 Å². The highest BCUT2D eigenvalue weighted by Gasteiger charge is 2.27. The van der Waals surface area contributed by atoms with E-state index in [1.54, 1.807) is 0 Å². The Morgan fingerprint density at radius 1 is 0.382 bits per heavy atom. The number of unbranched alkanes of at least 4 members (excludes halogenated alkanes) is 21. The molecule has 0 heterocycles. The smallest absolute Gasteiger partial charge is 0.243 e. The van der Waals surface area contributed by atoms with E-state index in [2.05, 4.69) is 45.7 Å². The van der Waals surface area contributed by atoms with E-state index >= 15 is 0 Å². The van der Waals surface area contributed by atoms with Gasteiger partial charge in [-0.05, 0) is 148 Å². The summed E-state index contributed by atoms with van der Waals surface area (Å²) >= 11 is 0. The Kier molecular flexibility index (Phi) is 44.6. The predicted molar refractivity (Wildman–Crippen MR) is 278 cm³/mol. The van der Waals surface area contributed by atoms with Crippen molar-refractivity contribution in [3.8, 4) is 0 Å². The molecule has 4 unspecified atom stereocenters. The lowest BCUT2D eigenvalue weighted by atomic mass is 10.0.